The molecule has 8 nitrogen and oxygen atoms in total. The van der Waals surface area contributed by atoms with Crippen LogP contribution in [0.4, 0.5) is 5.95 Å². The predicted molar refractivity (Wildman–Crippen MR) is 128 cm³/mol. The maximum atomic E-state index is 10.6. The normalized spacial score (nSPS) is 22.2. The Labute approximate surface area is 197 Å². The fourth-order valence-corrected chi connectivity index (χ4v) is 4.40. The number of nitrogens with one attached hydrogen (secondary N) is 1. The topological polar surface area (TPSA) is 109 Å². The highest BCUT2D eigenvalue weighted by molar-refractivity contribution is 5.79. The number of anilines is 1. The van der Waals surface area contributed by atoms with Crippen molar-refractivity contribution in [2.75, 3.05) is 19.0 Å². The fraction of sp³-hybridized carbons (Fsp3) is 0.269. The van der Waals surface area contributed by atoms with Gasteiger partial charge >= 0.3 is 0 Å². The van der Waals surface area contributed by atoms with Crippen molar-refractivity contribution < 1.29 is 24.8 Å². The van der Waals surface area contributed by atoms with Crippen molar-refractivity contribution in [2.24, 2.45) is 0 Å². The molecule has 1 aromatic heterocycles. The molecule has 0 bridgehead atoms. The van der Waals surface area contributed by atoms with Gasteiger partial charge in [-0.1, -0.05) is 54.6 Å². The molecule has 34 heavy (non-hydrogen) atoms. The molecule has 4 atom stereocenters. The molecule has 0 saturated carbocycles. The highest BCUT2D eigenvalue weighted by Crippen LogP contribution is 2.35. The van der Waals surface area contributed by atoms with E-state index < -0.39 is 31.1 Å². The second-order valence-corrected chi connectivity index (χ2v) is 8.28. The molecule has 0 spiro atoms. The van der Waals surface area contributed by atoms with Crippen LogP contribution in [0.15, 0.2) is 72.8 Å². The predicted octanol–water partition coefficient (Wildman–Crippen LogP) is 2.94. The summed E-state index contributed by atoms with van der Waals surface area (Å²) in [5.74, 6) is 1.25. The van der Waals surface area contributed by atoms with Crippen molar-refractivity contribution >= 4 is 17.0 Å². The molecule has 5 rings (SSSR count). The summed E-state index contributed by atoms with van der Waals surface area (Å²) in [5, 5.41) is 33.7. The van der Waals surface area contributed by atoms with Gasteiger partial charge in [0.05, 0.1) is 24.8 Å². The molecule has 0 radical (unpaired) electrons. The van der Waals surface area contributed by atoms with Crippen molar-refractivity contribution in [3.05, 3.63) is 78.4 Å². The number of aliphatic hydroxyl groups excluding tert-OH is 3. The zero-order valence-corrected chi connectivity index (χ0v) is 18.7. The largest absolute Gasteiger partial charge is 0.496 e. The molecule has 0 aliphatic carbocycles. The van der Waals surface area contributed by atoms with Crippen LogP contribution in [0.5, 0.6) is 5.75 Å². The van der Waals surface area contributed by atoms with Gasteiger partial charge in [-0.3, -0.25) is 4.57 Å². The Morgan fingerprint density at radius 2 is 1.76 bits per heavy atom. The van der Waals surface area contributed by atoms with Gasteiger partial charge in [0.25, 0.3) is 0 Å². The SMILES string of the molecule is COc1cc(CNc2nc3ccccc3n2[C@@H]2O[C@H](CO)[C@@H](O)[C@H]2O)ccc1-c1ccccc1. The highest BCUT2D eigenvalue weighted by Gasteiger charge is 2.44. The Kier molecular flexibility index (Phi) is 6.21. The molecular weight excluding hydrogens is 434 g/mol. The van der Waals surface area contributed by atoms with Crippen LogP contribution in [0.25, 0.3) is 22.2 Å². The lowest BCUT2D eigenvalue weighted by Gasteiger charge is -2.20. The van der Waals surface area contributed by atoms with Crippen LogP contribution < -0.4 is 10.1 Å². The number of rotatable bonds is 7. The zero-order chi connectivity index (χ0) is 23.7. The maximum absolute atomic E-state index is 10.6. The number of aliphatic hydroxyl groups is 3. The zero-order valence-electron chi connectivity index (χ0n) is 18.7. The van der Waals surface area contributed by atoms with Crippen LogP contribution in [-0.4, -0.2) is 56.9 Å². The molecule has 2 heterocycles. The van der Waals surface area contributed by atoms with Crippen molar-refractivity contribution in [1.29, 1.82) is 0 Å². The number of benzene rings is 3. The number of hydrogen-bond donors (Lipinski definition) is 4. The van der Waals surface area contributed by atoms with E-state index >= 15 is 0 Å². The summed E-state index contributed by atoms with van der Waals surface area (Å²) in [6.07, 6.45) is -4.17. The first kappa shape index (κ1) is 22.4. The fourth-order valence-electron chi connectivity index (χ4n) is 4.40. The molecule has 0 unspecified atom stereocenters. The minimum absolute atomic E-state index is 0.391. The van der Waals surface area contributed by atoms with Crippen molar-refractivity contribution in [3.8, 4) is 16.9 Å². The van der Waals surface area contributed by atoms with Gasteiger partial charge in [-0.05, 0) is 29.3 Å². The number of imidazole rings is 1. The van der Waals surface area contributed by atoms with Gasteiger partial charge in [0.15, 0.2) is 6.23 Å². The van der Waals surface area contributed by atoms with Crippen LogP contribution in [0.1, 0.15) is 11.8 Å². The molecule has 4 aromatic rings. The van der Waals surface area contributed by atoms with Crippen LogP contribution in [-0.2, 0) is 11.3 Å². The second-order valence-electron chi connectivity index (χ2n) is 8.28. The number of nitrogens with zero attached hydrogens (tertiary/aromatic N) is 2. The van der Waals surface area contributed by atoms with E-state index in [1.54, 1.807) is 11.7 Å². The maximum Gasteiger partial charge on any atom is 0.206 e. The number of methoxy groups -OCH3 is 1. The Morgan fingerprint density at radius 1 is 1.00 bits per heavy atom. The summed E-state index contributed by atoms with van der Waals surface area (Å²) >= 11 is 0. The van der Waals surface area contributed by atoms with E-state index in [1.165, 1.54) is 0 Å². The Hall–Kier alpha value is -3.43. The summed E-state index contributed by atoms with van der Waals surface area (Å²) in [7, 11) is 1.65. The molecular formula is C26H27N3O5. The minimum Gasteiger partial charge on any atom is -0.496 e. The van der Waals surface area contributed by atoms with Crippen molar-refractivity contribution in [1.82, 2.24) is 9.55 Å². The van der Waals surface area contributed by atoms with Crippen LogP contribution >= 0.6 is 0 Å². The molecule has 1 aliphatic rings. The van der Waals surface area contributed by atoms with E-state index in [1.807, 2.05) is 72.8 Å². The Morgan fingerprint density at radius 3 is 2.50 bits per heavy atom. The molecule has 4 N–H and O–H groups in total. The third kappa shape index (κ3) is 4.01. The number of para-hydroxylation sites is 2. The monoisotopic (exact) mass is 461 g/mol. The first-order valence-electron chi connectivity index (χ1n) is 11.2. The molecule has 1 saturated heterocycles. The third-order valence-corrected chi connectivity index (χ3v) is 6.17. The van der Waals surface area contributed by atoms with Gasteiger partial charge in [0.2, 0.25) is 5.95 Å². The summed E-state index contributed by atoms with van der Waals surface area (Å²) in [6.45, 7) is 0.0568. The third-order valence-electron chi connectivity index (χ3n) is 6.17. The molecule has 176 valence electrons. The van der Waals surface area contributed by atoms with Crippen LogP contribution in [0.2, 0.25) is 0 Å². The van der Waals surface area contributed by atoms with E-state index in [9.17, 15) is 15.3 Å². The summed E-state index contributed by atoms with van der Waals surface area (Å²) in [6, 6.07) is 23.6. The van der Waals surface area contributed by atoms with E-state index in [0.717, 1.165) is 33.5 Å². The van der Waals surface area contributed by atoms with E-state index in [-0.39, 0.29) is 0 Å². The Balaban J connectivity index is 1.44. The van der Waals surface area contributed by atoms with Gasteiger partial charge in [0, 0.05) is 12.1 Å². The van der Waals surface area contributed by atoms with E-state index in [2.05, 4.69) is 10.3 Å². The molecule has 0 amide bonds. The standard InChI is InChI=1S/C26H27N3O5/c1-33-21-13-16(11-12-18(21)17-7-3-2-4-8-17)14-27-26-28-19-9-5-6-10-20(19)29(26)25-24(32)23(31)22(15-30)34-25/h2-13,22-25,30-32H,14-15H2,1H3,(H,27,28)/t22-,23-,24-,25-/m1/s1. The summed E-state index contributed by atoms with van der Waals surface area (Å²) in [4.78, 5) is 4.68. The van der Waals surface area contributed by atoms with Crippen molar-refractivity contribution in [2.45, 2.75) is 31.1 Å². The van der Waals surface area contributed by atoms with E-state index in [0.29, 0.717) is 12.5 Å². The van der Waals surface area contributed by atoms with Gasteiger partial charge in [0.1, 0.15) is 24.1 Å². The lowest BCUT2D eigenvalue weighted by molar-refractivity contribution is -0.0499. The first-order chi connectivity index (χ1) is 16.6. The average Bonchev–Trinajstić information content (AvgIpc) is 3.39. The van der Waals surface area contributed by atoms with Crippen LogP contribution in [0.3, 0.4) is 0 Å². The number of ether oxygens (including phenoxy) is 2. The average molecular weight is 462 g/mol. The number of fused-ring (bicyclic) bond motifs is 1. The summed E-state index contributed by atoms with van der Waals surface area (Å²) < 4.78 is 13.2. The highest BCUT2D eigenvalue weighted by atomic mass is 16.6. The van der Waals surface area contributed by atoms with Gasteiger partial charge in [-0.15, -0.1) is 0 Å². The van der Waals surface area contributed by atoms with Gasteiger partial charge in [-0.2, -0.15) is 0 Å². The number of hydrogen-bond acceptors (Lipinski definition) is 7. The lowest BCUT2D eigenvalue weighted by atomic mass is 10.0. The van der Waals surface area contributed by atoms with E-state index in [4.69, 9.17) is 9.47 Å². The van der Waals surface area contributed by atoms with Crippen LogP contribution in [0, 0.1) is 0 Å². The second kappa shape index (κ2) is 9.44. The lowest BCUT2D eigenvalue weighted by Crippen LogP contribution is -2.33. The quantitative estimate of drug-likeness (QED) is 0.335. The number of aromatic nitrogens is 2. The molecule has 1 fully saturated rings. The van der Waals surface area contributed by atoms with Crippen molar-refractivity contribution in [3.63, 3.8) is 0 Å². The molecule has 8 heteroatoms. The Bertz CT molecular complexity index is 1280. The smallest absolute Gasteiger partial charge is 0.206 e. The first-order valence-corrected chi connectivity index (χ1v) is 11.2. The minimum atomic E-state index is -1.21. The molecule has 3 aromatic carbocycles. The molecule has 1 aliphatic heterocycles. The summed E-state index contributed by atoms with van der Waals surface area (Å²) in [5.41, 5.74) is 4.53. The van der Waals surface area contributed by atoms with Gasteiger partial charge in [-0.25, -0.2) is 4.98 Å². The van der Waals surface area contributed by atoms with Gasteiger partial charge < -0.3 is 30.1 Å².